The Balaban J connectivity index is 2.13. The van der Waals surface area contributed by atoms with E-state index in [9.17, 15) is 0 Å². The van der Waals surface area contributed by atoms with Crippen molar-refractivity contribution in [1.82, 2.24) is 0 Å². The third-order valence-corrected chi connectivity index (χ3v) is 3.52. The maximum Gasteiger partial charge on any atom is 0.118 e. The van der Waals surface area contributed by atoms with Crippen LogP contribution in [0.2, 0.25) is 0 Å². The summed E-state index contributed by atoms with van der Waals surface area (Å²) >= 11 is 0. The second-order valence-electron chi connectivity index (χ2n) is 5.51. The molecule has 2 N–H and O–H groups in total. The van der Waals surface area contributed by atoms with Crippen molar-refractivity contribution in [1.29, 1.82) is 0 Å². The van der Waals surface area contributed by atoms with Gasteiger partial charge in [0.05, 0.1) is 7.11 Å². The van der Waals surface area contributed by atoms with Crippen LogP contribution >= 0.6 is 0 Å². The largest absolute Gasteiger partial charge is 0.497 e. The molecule has 2 rings (SSSR count). The summed E-state index contributed by atoms with van der Waals surface area (Å²) in [7, 11) is 3.80. The van der Waals surface area contributed by atoms with E-state index in [2.05, 4.69) is 48.3 Å². The zero-order chi connectivity index (χ0) is 15.2. The Morgan fingerprint density at radius 1 is 1.10 bits per heavy atom. The van der Waals surface area contributed by atoms with Gasteiger partial charge in [-0.15, -0.1) is 0 Å². The molecule has 0 amide bonds. The molecule has 0 saturated carbocycles. The highest BCUT2D eigenvalue weighted by atomic mass is 16.5. The smallest absolute Gasteiger partial charge is 0.118 e. The average Bonchev–Trinajstić information content (AvgIpc) is 2.48. The van der Waals surface area contributed by atoms with Gasteiger partial charge in [0.2, 0.25) is 0 Å². The molecule has 0 bridgehead atoms. The first kappa shape index (κ1) is 15.4. The molecule has 3 heteroatoms. The molecule has 0 aliphatic carbocycles. The van der Waals surface area contributed by atoms with Crippen molar-refractivity contribution in [3.8, 4) is 5.75 Å². The number of ether oxygens (including phenoxy) is 1. The molecular weight excluding hydrogens is 260 g/mol. The molecule has 21 heavy (non-hydrogen) atoms. The van der Waals surface area contributed by atoms with Gasteiger partial charge in [-0.25, -0.2) is 0 Å². The van der Waals surface area contributed by atoms with Gasteiger partial charge in [0.25, 0.3) is 0 Å². The van der Waals surface area contributed by atoms with Gasteiger partial charge < -0.3 is 15.4 Å². The highest BCUT2D eigenvalue weighted by molar-refractivity contribution is 5.53. The summed E-state index contributed by atoms with van der Waals surface area (Å²) < 4.78 is 5.19. The zero-order valence-electron chi connectivity index (χ0n) is 13.0. The van der Waals surface area contributed by atoms with Crippen molar-refractivity contribution in [2.45, 2.75) is 25.9 Å². The van der Waals surface area contributed by atoms with Crippen LogP contribution < -0.4 is 15.4 Å². The highest BCUT2D eigenvalue weighted by Crippen LogP contribution is 2.22. The number of methoxy groups -OCH3 is 1. The average molecular weight is 284 g/mol. The Hall–Kier alpha value is -2.00. The summed E-state index contributed by atoms with van der Waals surface area (Å²) in [5, 5.41) is 0. The first-order valence-electron chi connectivity index (χ1n) is 7.27. The maximum atomic E-state index is 5.95. The Bertz CT molecular complexity index is 564. The van der Waals surface area contributed by atoms with Crippen molar-refractivity contribution >= 4 is 5.69 Å². The monoisotopic (exact) mass is 284 g/mol. The standard InChI is InChI=1S/C18H24N2O/c1-14(19)12-16-6-4-5-7-18(16)20(2)13-15-8-10-17(21-3)11-9-15/h4-11,14H,12-13,19H2,1-3H3. The van der Waals surface area contributed by atoms with E-state index in [1.54, 1.807) is 7.11 Å². The van der Waals surface area contributed by atoms with E-state index in [4.69, 9.17) is 10.5 Å². The first-order chi connectivity index (χ1) is 10.1. The molecule has 0 aliphatic rings. The minimum atomic E-state index is 0.167. The Morgan fingerprint density at radius 3 is 2.38 bits per heavy atom. The van der Waals surface area contributed by atoms with Crippen molar-refractivity contribution in [2.75, 3.05) is 19.1 Å². The summed E-state index contributed by atoms with van der Waals surface area (Å²) in [6, 6.07) is 16.8. The molecular formula is C18H24N2O. The zero-order valence-corrected chi connectivity index (χ0v) is 13.0. The van der Waals surface area contributed by atoms with Gasteiger partial charge in [-0.2, -0.15) is 0 Å². The van der Waals surface area contributed by atoms with Gasteiger partial charge in [0.15, 0.2) is 0 Å². The molecule has 2 aromatic carbocycles. The number of hydrogen-bond acceptors (Lipinski definition) is 3. The number of benzene rings is 2. The van der Waals surface area contributed by atoms with E-state index in [0.29, 0.717) is 0 Å². The molecule has 0 aliphatic heterocycles. The van der Waals surface area contributed by atoms with E-state index in [0.717, 1.165) is 18.7 Å². The molecule has 1 atom stereocenters. The van der Waals surface area contributed by atoms with Gasteiger partial charge >= 0.3 is 0 Å². The quantitative estimate of drug-likeness (QED) is 0.885. The van der Waals surface area contributed by atoms with Gasteiger partial charge in [-0.3, -0.25) is 0 Å². The van der Waals surface area contributed by atoms with E-state index < -0.39 is 0 Å². The van der Waals surface area contributed by atoms with Gasteiger partial charge in [-0.05, 0) is 42.7 Å². The van der Waals surface area contributed by atoms with Crippen molar-refractivity contribution in [2.24, 2.45) is 5.73 Å². The van der Waals surface area contributed by atoms with Crippen LogP contribution in [0.1, 0.15) is 18.1 Å². The van der Waals surface area contributed by atoms with Crippen molar-refractivity contribution < 1.29 is 4.74 Å². The molecule has 0 radical (unpaired) electrons. The van der Waals surface area contributed by atoms with Crippen molar-refractivity contribution in [3.05, 3.63) is 59.7 Å². The lowest BCUT2D eigenvalue weighted by atomic mass is 10.0. The summed E-state index contributed by atoms with van der Waals surface area (Å²) in [6.07, 6.45) is 0.892. The fourth-order valence-electron chi connectivity index (χ4n) is 2.49. The molecule has 1 unspecified atom stereocenters. The number of nitrogens with zero attached hydrogens (tertiary/aromatic N) is 1. The predicted molar refractivity (Wildman–Crippen MR) is 88.9 cm³/mol. The molecule has 0 heterocycles. The molecule has 0 aromatic heterocycles. The summed E-state index contributed by atoms with van der Waals surface area (Å²) in [5.41, 5.74) is 9.74. The Morgan fingerprint density at radius 2 is 1.76 bits per heavy atom. The fraction of sp³-hybridized carbons (Fsp3) is 0.333. The normalized spacial score (nSPS) is 12.0. The maximum absolute atomic E-state index is 5.95. The van der Waals surface area contributed by atoms with Crippen LogP contribution in [-0.2, 0) is 13.0 Å². The Kier molecular flexibility index (Phi) is 5.23. The van der Waals surface area contributed by atoms with E-state index in [1.807, 2.05) is 19.1 Å². The number of hydrogen-bond donors (Lipinski definition) is 1. The SMILES string of the molecule is COc1ccc(CN(C)c2ccccc2CC(C)N)cc1. The van der Waals surface area contributed by atoms with Crippen LogP contribution in [0.15, 0.2) is 48.5 Å². The van der Waals surface area contributed by atoms with E-state index in [-0.39, 0.29) is 6.04 Å². The van der Waals surface area contributed by atoms with Gasteiger partial charge in [0.1, 0.15) is 5.75 Å². The number of para-hydroxylation sites is 1. The molecule has 2 aromatic rings. The van der Waals surface area contributed by atoms with Crippen LogP contribution in [0.5, 0.6) is 5.75 Å². The molecule has 0 spiro atoms. The van der Waals surface area contributed by atoms with Gasteiger partial charge in [0, 0.05) is 25.3 Å². The molecule has 0 fully saturated rings. The predicted octanol–water partition coefficient (Wildman–Crippen LogP) is 3.22. The van der Waals surface area contributed by atoms with Crippen LogP contribution in [0.25, 0.3) is 0 Å². The molecule has 3 nitrogen and oxygen atoms in total. The number of nitrogens with two attached hydrogens (primary N) is 1. The van der Waals surface area contributed by atoms with Crippen molar-refractivity contribution in [3.63, 3.8) is 0 Å². The highest BCUT2D eigenvalue weighted by Gasteiger charge is 2.09. The first-order valence-corrected chi connectivity index (χ1v) is 7.27. The summed E-state index contributed by atoms with van der Waals surface area (Å²) in [6.45, 7) is 2.90. The van der Waals surface area contributed by atoms with Gasteiger partial charge in [-0.1, -0.05) is 30.3 Å². The fourth-order valence-corrected chi connectivity index (χ4v) is 2.49. The molecule has 112 valence electrons. The second kappa shape index (κ2) is 7.14. The van der Waals surface area contributed by atoms with E-state index in [1.165, 1.54) is 16.8 Å². The topological polar surface area (TPSA) is 38.5 Å². The lowest BCUT2D eigenvalue weighted by molar-refractivity contribution is 0.414. The van der Waals surface area contributed by atoms with Crippen LogP contribution in [0.3, 0.4) is 0 Å². The lowest BCUT2D eigenvalue weighted by Crippen LogP contribution is -2.22. The Labute approximate surface area is 127 Å². The summed E-state index contributed by atoms with van der Waals surface area (Å²) in [5.74, 6) is 0.888. The van der Waals surface area contributed by atoms with Crippen LogP contribution in [0, 0.1) is 0 Å². The molecule has 0 saturated heterocycles. The van der Waals surface area contributed by atoms with E-state index >= 15 is 0 Å². The minimum absolute atomic E-state index is 0.167. The van der Waals surface area contributed by atoms with Crippen LogP contribution in [0.4, 0.5) is 5.69 Å². The minimum Gasteiger partial charge on any atom is -0.497 e. The third kappa shape index (κ3) is 4.23. The van der Waals surface area contributed by atoms with Crippen LogP contribution in [-0.4, -0.2) is 20.2 Å². The number of rotatable bonds is 6. The third-order valence-electron chi connectivity index (χ3n) is 3.52. The number of anilines is 1. The summed E-state index contributed by atoms with van der Waals surface area (Å²) in [4.78, 5) is 2.26. The second-order valence-corrected chi connectivity index (χ2v) is 5.51. The lowest BCUT2D eigenvalue weighted by Gasteiger charge is -2.23.